The van der Waals surface area contributed by atoms with Crippen molar-refractivity contribution in [2.45, 2.75) is 5.41 Å². The lowest BCUT2D eigenvalue weighted by Crippen LogP contribution is -2.59. The van der Waals surface area contributed by atoms with Gasteiger partial charge in [-0.2, -0.15) is 0 Å². The van der Waals surface area contributed by atoms with Gasteiger partial charge in [0.15, 0.2) is 0 Å². The largest absolute Gasteiger partial charge is 0.384 e. The van der Waals surface area contributed by atoms with Crippen molar-refractivity contribution in [1.82, 2.24) is 5.32 Å². The zero-order chi connectivity index (χ0) is 10.0. The van der Waals surface area contributed by atoms with Gasteiger partial charge >= 0.3 is 0 Å². The second-order valence-corrected chi connectivity index (χ2v) is 4.26. The van der Waals surface area contributed by atoms with Crippen LogP contribution in [0.3, 0.4) is 0 Å². The Balaban J connectivity index is 2.23. The molecule has 0 amide bonds. The first kappa shape index (κ1) is 9.97. The molecular weight excluding hydrogens is 198 g/mol. The number of hydrogen-bond donors (Lipinski definition) is 1. The van der Waals surface area contributed by atoms with Crippen molar-refractivity contribution in [3.63, 3.8) is 0 Å². The maximum Gasteiger partial charge on any atom is 0.0583 e. The molecule has 0 aliphatic carbocycles. The van der Waals surface area contributed by atoms with E-state index >= 15 is 0 Å². The lowest BCUT2D eigenvalue weighted by atomic mass is 9.76. The molecule has 2 rings (SSSR count). The van der Waals surface area contributed by atoms with E-state index in [1.165, 1.54) is 5.56 Å². The predicted molar refractivity (Wildman–Crippen MR) is 57.9 cm³/mol. The van der Waals surface area contributed by atoms with Crippen molar-refractivity contribution >= 4 is 11.6 Å². The summed E-state index contributed by atoms with van der Waals surface area (Å²) in [4.78, 5) is 0. The molecule has 14 heavy (non-hydrogen) atoms. The summed E-state index contributed by atoms with van der Waals surface area (Å²) in [7, 11) is 1.75. The Labute approximate surface area is 89.2 Å². The third-order valence-electron chi connectivity index (χ3n) is 2.80. The molecule has 1 N–H and O–H groups in total. The SMILES string of the molecule is COCC1(c2ccc(Cl)cc2)CNC1. The van der Waals surface area contributed by atoms with Gasteiger partial charge in [0.05, 0.1) is 6.61 Å². The van der Waals surface area contributed by atoms with Crippen LogP contribution in [0.15, 0.2) is 24.3 Å². The van der Waals surface area contributed by atoms with Crippen LogP contribution in [0.25, 0.3) is 0 Å². The summed E-state index contributed by atoms with van der Waals surface area (Å²) >= 11 is 5.85. The van der Waals surface area contributed by atoms with Crippen molar-refractivity contribution in [3.05, 3.63) is 34.9 Å². The molecule has 0 atom stereocenters. The first-order valence-corrected chi connectivity index (χ1v) is 5.10. The Kier molecular flexibility index (Phi) is 2.77. The second-order valence-electron chi connectivity index (χ2n) is 3.82. The van der Waals surface area contributed by atoms with Crippen LogP contribution in [0.4, 0.5) is 0 Å². The van der Waals surface area contributed by atoms with Gasteiger partial charge < -0.3 is 10.1 Å². The molecule has 76 valence electrons. The van der Waals surface area contributed by atoms with E-state index < -0.39 is 0 Å². The summed E-state index contributed by atoms with van der Waals surface area (Å²) in [5, 5.41) is 4.07. The third-order valence-corrected chi connectivity index (χ3v) is 3.06. The Hall–Kier alpha value is -0.570. The number of nitrogens with one attached hydrogen (secondary N) is 1. The average molecular weight is 212 g/mol. The number of ether oxygens (including phenoxy) is 1. The monoisotopic (exact) mass is 211 g/mol. The van der Waals surface area contributed by atoms with Crippen molar-refractivity contribution in [2.24, 2.45) is 0 Å². The third kappa shape index (κ3) is 1.65. The highest BCUT2D eigenvalue weighted by atomic mass is 35.5. The van der Waals surface area contributed by atoms with Gasteiger partial charge in [-0.3, -0.25) is 0 Å². The van der Waals surface area contributed by atoms with Gasteiger partial charge in [0.25, 0.3) is 0 Å². The number of halogens is 1. The predicted octanol–water partition coefficient (Wildman–Crippen LogP) is 1.83. The summed E-state index contributed by atoms with van der Waals surface area (Å²) in [6, 6.07) is 8.05. The van der Waals surface area contributed by atoms with Gasteiger partial charge in [0.2, 0.25) is 0 Å². The minimum atomic E-state index is 0.166. The van der Waals surface area contributed by atoms with Gasteiger partial charge in [-0.1, -0.05) is 23.7 Å². The fourth-order valence-corrected chi connectivity index (χ4v) is 2.02. The highest BCUT2D eigenvalue weighted by Gasteiger charge is 2.38. The van der Waals surface area contributed by atoms with E-state index in [1.54, 1.807) is 7.11 Å². The van der Waals surface area contributed by atoms with E-state index in [1.807, 2.05) is 12.1 Å². The maximum absolute atomic E-state index is 5.85. The summed E-state index contributed by atoms with van der Waals surface area (Å²) in [6.07, 6.45) is 0. The van der Waals surface area contributed by atoms with Crippen LogP contribution in [-0.4, -0.2) is 26.8 Å². The molecule has 1 aromatic rings. The van der Waals surface area contributed by atoms with Gasteiger partial charge in [-0.25, -0.2) is 0 Å². The molecule has 0 spiro atoms. The summed E-state index contributed by atoms with van der Waals surface area (Å²) in [5.74, 6) is 0. The molecular formula is C11H14ClNO. The van der Waals surface area contributed by atoms with Gasteiger partial charge in [0.1, 0.15) is 0 Å². The van der Waals surface area contributed by atoms with Crippen LogP contribution in [0.5, 0.6) is 0 Å². The van der Waals surface area contributed by atoms with Crippen molar-refractivity contribution in [2.75, 3.05) is 26.8 Å². The molecule has 1 saturated heterocycles. The Morgan fingerprint density at radius 2 is 2.00 bits per heavy atom. The first-order chi connectivity index (χ1) is 6.77. The highest BCUT2D eigenvalue weighted by Crippen LogP contribution is 2.29. The molecule has 0 unspecified atom stereocenters. The lowest BCUT2D eigenvalue weighted by Gasteiger charge is -2.42. The van der Waals surface area contributed by atoms with Crippen LogP contribution in [0.2, 0.25) is 5.02 Å². The van der Waals surface area contributed by atoms with Gasteiger partial charge in [-0.05, 0) is 17.7 Å². The molecule has 1 aromatic carbocycles. The molecule has 1 heterocycles. The minimum absolute atomic E-state index is 0.166. The zero-order valence-corrected chi connectivity index (χ0v) is 8.97. The molecule has 1 aliphatic rings. The second kappa shape index (κ2) is 3.89. The molecule has 2 nitrogen and oxygen atoms in total. The minimum Gasteiger partial charge on any atom is -0.384 e. The number of methoxy groups -OCH3 is 1. The van der Waals surface area contributed by atoms with E-state index in [-0.39, 0.29) is 5.41 Å². The molecule has 0 saturated carbocycles. The molecule has 0 radical (unpaired) electrons. The van der Waals surface area contributed by atoms with Crippen LogP contribution in [0, 0.1) is 0 Å². The topological polar surface area (TPSA) is 21.3 Å². The van der Waals surface area contributed by atoms with Crippen LogP contribution < -0.4 is 5.32 Å². The van der Waals surface area contributed by atoms with Crippen molar-refractivity contribution in [1.29, 1.82) is 0 Å². The molecule has 0 bridgehead atoms. The summed E-state index contributed by atoms with van der Waals surface area (Å²) in [6.45, 7) is 2.74. The van der Waals surface area contributed by atoms with Gasteiger partial charge in [0, 0.05) is 30.6 Å². The van der Waals surface area contributed by atoms with E-state index in [4.69, 9.17) is 16.3 Å². The Bertz CT molecular complexity index is 306. The van der Waals surface area contributed by atoms with Crippen LogP contribution >= 0.6 is 11.6 Å². The Morgan fingerprint density at radius 3 is 2.43 bits per heavy atom. The van der Waals surface area contributed by atoms with Crippen LogP contribution in [0.1, 0.15) is 5.56 Å². The quantitative estimate of drug-likeness (QED) is 0.824. The fourth-order valence-electron chi connectivity index (χ4n) is 1.90. The average Bonchev–Trinajstić information content (AvgIpc) is 2.13. The highest BCUT2D eigenvalue weighted by molar-refractivity contribution is 6.30. The molecule has 0 aromatic heterocycles. The van der Waals surface area contributed by atoms with E-state index in [2.05, 4.69) is 17.4 Å². The van der Waals surface area contributed by atoms with E-state index in [9.17, 15) is 0 Å². The summed E-state index contributed by atoms with van der Waals surface area (Å²) < 4.78 is 5.26. The van der Waals surface area contributed by atoms with Gasteiger partial charge in [-0.15, -0.1) is 0 Å². The number of rotatable bonds is 3. The summed E-state index contributed by atoms with van der Waals surface area (Å²) in [5.41, 5.74) is 1.47. The van der Waals surface area contributed by atoms with E-state index in [0.29, 0.717) is 0 Å². The maximum atomic E-state index is 5.85. The lowest BCUT2D eigenvalue weighted by molar-refractivity contribution is 0.0947. The zero-order valence-electron chi connectivity index (χ0n) is 8.22. The van der Waals surface area contributed by atoms with Crippen molar-refractivity contribution in [3.8, 4) is 0 Å². The normalized spacial score (nSPS) is 19.0. The van der Waals surface area contributed by atoms with Crippen LogP contribution in [-0.2, 0) is 10.2 Å². The number of hydrogen-bond acceptors (Lipinski definition) is 2. The standard InChI is InChI=1S/C11H14ClNO/c1-14-8-11(6-13-7-11)9-2-4-10(12)5-3-9/h2-5,13H,6-8H2,1H3. The van der Waals surface area contributed by atoms with E-state index in [0.717, 1.165) is 24.7 Å². The molecule has 3 heteroatoms. The molecule has 1 aliphatic heterocycles. The smallest absolute Gasteiger partial charge is 0.0583 e. The Morgan fingerprint density at radius 1 is 1.36 bits per heavy atom. The fraction of sp³-hybridized carbons (Fsp3) is 0.455. The number of benzene rings is 1. The molecule has 1 fully saturated rings. The van der Waals surface area contributed by atoms with Crippen molar-refractivity contribution < 1.29 is 4.74 Å². The first-order valence-electron chi connectivity index (χ1n) is 4.73.